The van der Waals surface area contributed by atoms with E-state index in [-0.39, 0.29) is 5.91 Å². The van der Waals surface area contributed by atoms with Crippen molar-refractivity contribution in [2.45, 2.75) is 18.9 Å². The second-order valence-corrected chi connectivity index (χ2v) is 4.99. The van der Waals surface area contributed by atoms with E-state index >= 15 is 0 Å². The Hall–Kier alpha value is -2.78. The van der Waals surface area contributed by atoms with Crippen LogP contribution in [0.1, 0.15) is 12.0 Å². The van der Waals surface area contributed by atoms with Gasteiger partial charge in [0.05, 0.1) is 0 Å². The lowest BCUT2D eigenvalue weighted by Gasteiger charge is -2.10. The summed E-state index contributed by atoms with van der Waals surface area (Å²) in [4.78, 5) is 14.8. The summed E-state index contributed by atoms with van der Waals surface area (Å²) >= 11 is 0. The number of nitrogens with one attached hydrogen (secondary N) is 1. The Kier molecular flexibility index (Phi) is 3.58. The summed E-state index contributed by atoms with van der Waals surface area (Å²) in [7, 11) is 0. The summed E-state index contributed by atoms with van der Waals surface area (Å²) in [5.74, 6) is -0.239. The molecular weight excluding hydrogens is 264 g/mol. The number of anilines is 1. The SMILES string of the molecule is [N-]=[N+]=N[C@H]1CCc2ccc(-c3ccccc3)cc2NC1=O. The Balaban J connectivity index is 1.96. The lowest BCUT2D eigenvalue weighted by molar-refractivity contribution is -0.117. The first kappa shape index (κ1) is 13.2. The molecular formula is C16H14N4O. The van der Waals surface area contributed by atoms with E-state index in [1.54, 1.807) is 0 Å². The van der Waals surface area contributed by atoms with Crippen LogP contribution in [0, 0.1) is 0 Å². The number of nitrogens with zero attached hydrogens (tertiary/aromatic N) is 3. The van der Waals surface area contributed by atoms with Gasteiger partial charge in [-0.3, -0.25) is 4.79 Å². The highest BCUT2D eigenvalue weighted by Gasteiger charge is 2.22. The third-order valence-corrected chi connectivity index (χ3v) is 3.66. The smallest absolute Gasteiger partial charge is 0.233 e. The minimum absolute atomic E-state index is 0.239. The number of hydrogen-bond donors (Lipinski definition) is 1. The van der Waals surface area contributed by atoms with Gasteiger partial charge in [0.2, 0.25) is 5.91 Å². The molecule has 104 valence electrons. The van der Waals surface area contributed by atoms with Crippen LogP contribution in [0.3, 0.4) is 0 Å². The Morgan fingerprint density at radius 2 is 1.95 bits per heavy atom. The van der Waals surface area contributed by atoms with Crippen molar-refractivity contribution in [3.05, 3.63) is 64.5 Å². The van der Waals surface area contributed by atoms with Gasteiger partial charge in [-0.2, -0.15) is 0 Å². The molecule has 1 atom stereocenters. The standard InChI is InChI=1S/C16H14N4O/c17-20-19-14-9-8-12-6-7-13(10-15(12)18-16(14)21)11-4-2-1-3-5-11/h1-7,10,14H,8-9H2,(H,18,21)/t14-/m0/s1. The van der Waals surface area contributed by atoms with Crippen molar-refractivity contribution in [1.29, 1.82) is 0 Å². The van der Waals surface area contributed by atoms with Crippen LogP contribution in [-0.2, 0) is 11.2 Å². The highest BCUT2D eigenvalue weighted by molar-refractivity contribution is 5.97. The highest BCUT2D eigenvalue weighted by Crippen LogP contribution is 2.29. The quantitative estimate of drug-likeness (QED) is 0.504. The van der Waals surface area contributed by atoms with Gasteiger partial charge in [0.25, 0.3) is 0 Å². The van der Waals surface area contributed by atoms with Crippen molar-refractivity contribution < 1.29 is 4.79 Å². The molecule has 2 aromatic carbocycles. The first-order chi connectivity index (χ1) is 10.3. The van der Waals surface area contributed by atoms with Crippen LogP contribution in [0.5, 0.6) is 0 Å². The third-order valence-electron chi connectivity index (χ3n) is 3.66. The molecule has 3 rings (SSSR count). The van der Waals surface area contributed by atoms with Crippen molar-refractivity contribution in [3.8, 4) is 11.1 Å². The van der Waals surface area contributed by atoms with E-state index in [0.717, 1.165) is 22.4 Å². The number of carbonyl (C=O) groups is 1. The zero-order valence-electron chi connectivity index (χ0n) is 11.4. The largest absolute Gasteiger partial charge is 0.325 e. The molecule has 1 N–H and O–H groups in total. The number of fused-ring (bicyclic) bond motifs is 1. The fraction of sp³-hybridized carbons (Fsp3) is 0.188. The van der Waals surface area contributed by atoms with E-state index < -0.39 is 6.04 Å². The van der Waals surface area contributed by atoms with Gasteiger partial charge in [-0.05, 0) is 41.1 Å². The van der Waals surface area contributed by atoms with E-state index in [4.69, 9.17) is 5.53 Å². The molecule has 1 amide bonds. The number of aryl methyl sites for hydroxylation is 1. The Morgan fingerprint density at radius 1 is 1.14 bits per heavy atom. The molecule has 0 saturated carbocycles. The molecule has 0 fully saturated rings. The predicted octanol–water partition coefficient (Wildman–Crippen LogP) is 3.92. The summed E-state index contributed by atoms with van der Waals surface area (Å²) in [6, 6.07) is 15.4. The molecule has 5 nitrogen and oxygen atoms in total. The van der Waals surface area contributed by atoms with Crippen LogP contribution >= 0.6 is 0 Å². The minimum atomic E-state index is -0.637. The zero-order chi connectivity index (χ0) is 14.7. The van der Waals surface area contributed by atoms with Crippen LogP contribution in [0.15, 0.2) is 53.6 Å². The molecule has 1 aliphatic heterocycles. The normalized spacial score (nSPS) is 17.1. The van der Waals surface area contributed by atoms with Gasteiger partial charge in [-0.25, -0.2) is 0 Å². The second-order valence-electron chi connectivity index (χ2n) is 4.99. The molecule has 0 aliphatic carbocycles. The van der Waals surface area contributed by atoms with E-state index in [0.29, 0.717) is 12.8 Å². The first-order valence-corrected chi connectivity index (χ1v) is 6.81. The van der Waals surface area contributed by atoms with Crippen LogP contribution < -0.4 is 5.32 Å². The molecule has 0 saturated heterocycles. The molecule has 0 spiro atoms. The average Bonchev–Trinajstić information content (AvgIpc) is 2.67. The fourth-order valence-corrected chi connectivity index (χ4v) is 2.53. The first-order valence-electron chi connectivity index (χ1n) is 6.81. The average molecular weight is 278 g/mol. The van der Waals surface area contributed by atoms with Crippen LogP contribution in [0.4, 0.5) is 5.69 Å². The van der Waals surface area contributed by atoms with Gasteiger partial charge >= 0.3 is 0 Å². The molecule has 0 aromatic heterocycles. The molecule has 2 aromatic rings. The van der Waals surface area contributed by atoms with Gasteiger partial charge in [-0.1, -0.05) is 47.6 Å². The Bertz CT molecular complexity index is 720. The van der Waals surface area contributed by atoms with Gasteiger partial charge < -0.3 is 5.32 Å². The zero-order valence-corrected chi connectivity index (χ0v) is 11.4. The molecule has 21 heavy (non-hydrogen) atoms. The molecule has 5 heteroatoms. The number of benzene rings is 2. The van der Waals surface area contributed by atoms with E-state index in [1.807, 2.05) is 48.5 Å². The predicted molar refractivity (Wildman–Crippen MR) is 81.8 cm³/mol. The van der Waals surface area contributed by atoms with Gasteiger partial charge in [-0.15, -0.1) is 0 Å². The number of azide groups is 1. The molecule has 0 bridgehead atoms. The maximum Gasteiger partial charge on any atom is 0.233 e. The molecule has 1 aliphatic rings. The van der Waals surface area contributed by atoms with Gasteiger partial charge in [0.15, 0.2) is 0 Å². The fourth-order valence-electron chi connectivity index (χ4n) is 2.53. The van der Waals surface area contributed by atoms with Crippen molar-refractivity contribution in [2.24, 2.45) is 5.11 Å². The molecule has 0 unspecified atom stereocenters. The number of rotatable bonds is 2. The lowest BCUT2D eigenvalue weighted by Crippen LogP contribution is -2.24. The van der Waals surface area contributed by atoms with Crippen molar-refractivity contribution >= 4 is 11.6 Å². The number of amides is 1. The highest BCUT2D eigenvalue weighted by atomic mass is 16.2. The van der Waals surface area contributed by atoms with Crippen LogP contribution in [0.2, 0.25) is 0 Å². The van der Waals surface area contributed by atoms with Crippen molar-refractivity contribution in [1.82, 2.24) is 0 Å². The van der Waals surface area contributed by atoms with E-state index in [2.05, 4.69) is 15.3 Å². The molecule has 0 radical (unpaired) electrons. The van der Waals surface area contributed by atoms with Crippen molar-refractivity contribution in [3.63, 3.8) is 0 Å². The second kappa shape index (κ2) is 5.69. The van der Waals surface area contributed by atoms with E-state index in [9.17, 15) is 4.79 Å². The number of hydrogen-bond acceptors (Lipinski definition) is 2. The third kappa shape index (κ3) is 2.73. The Labute approximate surface area is 122 Å². The van der Waals surface area contributed by atoms with Crippen LogP contribution in [0.25, 0.3) is 21.6 Å². The topological polar surface area (TPSA) is 77.9 Å². The summed E-state index contributed by atoms with van der Waals surface area (Å²) in [6.45, 7) is 0. The monoisotopic (exact) mass is 278 g/mol. The Morgan fingerprint density at radius 3 is 2.71 bits per heavy atom. The van der Waals surface area contributed by atoms with Crippen molar-refractivity contribution in [2.75, 3.05) is 5.32 Å². The minimum Gasteiger partial charge on any atom is -0.325 e. The van der Waals surface area contributed by atoms with Gasteiger partial charge in [0.1, 0.15) is 6.04 Å². The molecule has 1 heterocycles. The van der Waals surface area contributed by atoms with E-state index in [1.165, 1.54) is 0 Å². The maximum absolute atomic E-state index is 12.0. The summed E-state index contributed by atoms with van der Waals surface area (Å²) in [5.41, 5.74) is 12.5. The number of carbonyl (C=O) groups excluding carboxylic acids is 1. The summed E-state index contributed by atoms with van der Waals surface area (Å²) < 4.78 is 0. The van der Waals surface area contributed by atoms with Gasteiger partial charge in [0, 0.05) is 10.6 Å². The summed E-state index contributed by atoms with van der Waals surface area (Å²) in [5, 5.41) is 6.42. The van der Waals surface area contributed by atoms with Crippen LogP contribution in [-0.4, -0.2) is 11.9 Å². The summed E-state index contributed by atoms with van der Waals surface area (Å²) in [6.07, 6.45) is 1.25. The lowest BCUT2D eigenvalue weighted by atomic mass is 10.0. The maximum atomic E-state index is 12.0.